The summed E-state index contributed by atoms with van der Waals surface area (Å²) >= 11 is 0. The molecule has 0 spiro atoms. The highest BCUT2D eigenvalue weighted by molar-refractivity contribution is 7.89. The summed E-state index contributed by atoms with van der Waals surface area (Å²) in [6, 6.07) is 2.65. The maximum atomic E-state index is 13.2. The molecule has 8 heteroatoms. The highest BCUT2D eigenvalue weighted by Gasteiger charge is 2.23. The normalized spacial score (nSPS) is 11.8. The summed E-state index contributed by atoms with van der Waals surface area (Å²) < 4.78 is 43.1. The van der Waals surface area contributed by atoms with E-state index in [2.05, 4.69) is 0 Å². The Bertz CT molecular complexity index is 572. The first-order valence-electron chi connectivity index (χ1n) is 5.29. The molecule has 0 atom stereocenters. The van der Waals surface area contributed by atoms with E-state index in [0.717, 1.165) is 22.5 Å². The summed E-state index contributed by atoms with van der Waals surface area (Å²) in [7, 11) is -1.10. The lowest BCUT2D eigenvalue weighted by molar-refractivity contribution is 0.0691. The minimum Gasteiger partial charge on any atom is -0.478 e. The molecule has 106 valence electrons. The molecule has 0 radical (unpaired) electrons. The molecular weight excluding hydrogens is 277 g/mol. The van der Waals surface area contributed by atoms with Crippen LogP contribution in [0.4, 0.5) is 4.39 Å². The average molecular weight is 291 g/mol. The Labute approximate surface area is 110 Å². The van der Waals surface area contributed by atoms with Crippen molar-refractivity contribution in [3.05, 3.63) is 29.6 Å². The Hall–Kier alpha value is -1.51. The Kier molecular flexibility index (Phi) is 4.98. The number of carbonyl (C=O) groups is 1. The van der Waals surface area contributed by atoms with Gasteiger partial charge in [0.1, 0.15) is 5.82 Å². The van der Waals surface area contributed by atoms with Gasteiger partial charge in [0, 0.05) is 20.7 Å². The molecule has 0 aliphatic rings. The molecule has 0 saturated carbocycles. The zero-order chi connectivity index (χ0) is 14.6. The zero-order valence-electron chi connectivity index (χ0n) is 10.5. The molecule has 6 nitrogen and oxygen atoms in total. The second-order valence-corrected chi connectivity index (χ2v) is 5.81. The smallest absolute Gasteiger partial charge is 0.338 e. The summed E-state index contributed by atoms with van der Waals surface area (Å²) in [5.74, 6) is -2.50. The number of likely N-dealkylation sites (N-methyl/N-ethyl adjacent to an activating group) is 1. The van der Waals surface area contributed by atoms with Crippen LogP contribution in [0.5, 0.6) is 0 Å². The summed E-state index contributed by atoms with van der Waals surface area (Å²) in [6.45, 7) is 0.307. The van der Waals surface area contributed by atoms with Crippen LogP contribution in [-0.2, 0) is 14.8 Å². The van der Waals surface area contributed by atoms with Crippen LogP contribution in [0.3, 0.4) is 0 Å². The van der Waals surface area contributed by atoms with Crippen LogP contribution in [0.25, 0.3) is 0 Å². The van der Waals surface area contributed by atoms with Crippen LogP contribution in [0.2, 0.25) is 0 Å². The lowest BCUT2D eigenvalue weighted by Crippen LogP contribution is -2.30. The summed E-state index contributed by atoms with van der Waals surface area (Å²) in [4.78, 5) is 10.5. The van der Waals surface area contributed by atoms with E-state index in [9.17, 15) is 17.6 Å². The number of carboxylic acid groups (broad SMARTS) is 1. The van der Waals surface area contributed by atoms with Crippen LogP contribution in [0.1, 0.15) is 10.4 Å². The van der Waals surface area contributed by atoms with Crippen LogP contribution in [-0.4, -0.2) is 51.1 Å². The number of hydrogen-bond donors (Lipinski definition) is 1. The van der Waals surface area contributed by atoms with Crippen molar-refractivity contribution in [1.29, 1.82) is 0 Å². The summed E-state index contributed by atoms with van der Waals surface area (Å²) in [6.07, 6.45) is 0. The standard InChI is InChI=1S/C11H14FNO5S/c1-13(5-6-18-2)19(16,17)8-3-4-10(12)9(7-8)11(14)15/h3-4,7H,5-6H2,1-2H3,(H,14,15). The third-order valence-electron chi connectivity index (χ3n) is 2.49. The molecule has 0 aliphatic carbocycles. The van der Waals surface area contributed by atoms with Crippen molar-refractivity contribution in [1.82, 2.24) is 4.31 Å². The van der Waals surface area contributed by atoms with Crippen molar-refractivity contribution in [3.8, 4) is 0 Å². The number of rotatable bonds is 6. The molecule has 0 saturated heterocycles. The van der Waals surface area contributed by atoms with E-state index >= 15 is 0 Å². The Morgan fingerprint density at radius 1 is 1.47 bits per heavy atom. The second-order valence-electron chi connectivity index (χ2n) is 3.77. The SMILES string of the molecule is COCCN(C)S(=O)(=O)c1ccc(F)c(C(=O)O)c1. The predicted octanol–water partition coefficient (Wildman–Crippen LogP) is 0.791. The van der Waals surface area contributed by atoms with Gasteiger partial charge in [-0.15, -0.1) is 0 Å². The fraction of sp³-hybridized carbons (Fsp3) is 0.364. The van der Waals surface area contributed by atoms with Gasteiger partial charge in [-0.2, -0.15) is 4.31 Å². The molecule has 1 aromatic rings. The lowest BCUT2D eigenvalue weighted by Gasteiger charge is -2.16. The molecule has 0 aliphatic heterocycles. The first kappa shape index (κ1) is 15.5. The van der Waals surface area contributed by atoms with Gasteiger partial charge in [0.2, 0.25) is 10.0 Å². The molecule has 19 heavy (non-hydrogen) atoms. The van der Waals surface area contributed by atoms with Crippen molar-refractivity contribution in [2.75, 3.05) is 27.3 Å². The summed E-state index contributed by atoms with van der Waals surface area (Å²) in [5, 5.41) is 8.77. The van der Waals surface area contributed by atoms with E-state index < -0.39 is 27.4 Å². The first-order valence-corrected chi connectivity index (χ1v) is 6.73. The van der Waals surface area contributed by atoms with Crippen molar-refractivity contribution in [2.45, 2.75) is 4.90 Å². The largest absolute Gasteiger partial charge is 0.478 e. The second kappa shape index (κ2) is 6.09. The van der Waals surface area contributed by atoms with Gasteiger partial charge in [0.25, 0.3) is 0 Å². The van der Waals surface area contributed by atoms with Crippen molar-refractivity contribution in [2.24, 2.45) is 0 Å². The van der Waals surface area contributed by atoms with Crippen molar-refractivity contribution >= 4 is 16.0 Å². The molecule has 0 aromatic heterocycles. The van der Waals surface area contributed by atoms with Crippen LogP contribution < -0.4 is 0 Å². The topological polar surface area (TPSA) is 83.9 Å². The molecule has 0 fully saturated rings. The Balaban J connectivity index is 3.15. The number of aromatic carboxylic acids is 1. The van der Waals surface area contributed by atoms with E-state index in [0.29, 0.717) is 0 Å². The number of benzene rings is 1. The zero-order valence-corrected chi connectivity index (χ0v) is 11.3. The minimum atomic E-state index is -3.86. The van der Waals surface area contributed by atoms with E-state index in [1.165, 1.54) is 14.2 Å². The van der Waals surface area contributed by atoms with Gasteiger partial charge in [-0.1, -0.05) is 0 Å². The Morgan fingerprint density at radius 2 is 2.11 bits per heavy atom. The van der Waals surface area contributed by atoms with Gasteiger partial charge >= 0.3 is 5.97 Å². The van der Waals surface area contributed by atoms with Gasteiger partial charge in [-0.3, -0.25) is 0 Å². The maximum Gasteiger partial charge on any atom is 0.338 e. The molecular formula is C11H14FNO5S. The van der Waals surface area contributed by atoms with E-state index in [1.807, 2.05) is 0 Å². The van der Waals surface area contributed by atoms with Gasteiger partial charge in [0.15, 0.2) is 0 Å². The molecule has 1 N–H and O–H groups in total. The van der Waals surface area contributed by atoms with Crippen LogP contribution >= 0.6 is 0 Å². The van der Waals surface area contributed by atoms with E-state index in [1.54, 1.807) is 0 Å². The third kappa shape index (κ3) is 3.49. The quantitative estimate of drug-likeness (QED) is 0.837. The number of sulfonamides is 1. The number of carboxylic acids is 1. The molecule has 1 rings (SSSR count). The summed E-state index contributed by atoms with van der Waals surface area (Å²) in [5.41, 5.74) is -0.679. The van der Waals surface area contributed by atoms with E-state index in [4.69, 9.17) is 9.84 Å². The van der Waals surface area contributed by atoms with Crippen molar-refractivity contribution < 1.29 is 27.4 Å². The number of halogens is 1. The molecule has 0 bridgehead atoms. The van der Waals surface area contributed by atoms with Gasteiger partial charge in [0.05, 0.1) is 17.1 Å². The van der Waals surface area contributed by atoms with Gasteiger partial charge in [-0.05, 0) is 18.2 Å². The third-order valence-corrected chi connectivity index (χ3v) is 4.34. The minimum absolute atomic E-state index is 0.110. The number of ether oxygens (including phenoxy) is 1. The fourth-order valence-corrected chi connectivity index (χ4v) is 2.53. The molecule has 1 aromatic carbocycles. The first-order chi connectivity index (χ1) is 8.80. The molecule has 0 heterocycles. The monoisotopic (exact) mass is 291 g/mol. The number of hydrogen-bond acceptors (Lipinski definition) is 4. The van der Waals surface area contributed by atoms with E-state index in [-0.39, 0.29) is 18.0 Å². The van der Waals surface area contributed by atoms with Crippen LogP contribution in [0.15, 0.2) is 23.1 Å². The van der Waals surface area contributed by atoms with Gasteiger partial charge in [-0.25, -0.2) is 17.6 Å². The van der Waals surface area contributed by atoms with Gasteiger partial charge < -0.3 is 9.84 Å². The predicted molar refractivity (Wildman–Crippen MR) is 65.1 cm³/mol. The lowest BCUT2D eigenvalue weighted by atomic mass is 10.2. The number of methoxy groups -OCH3 is 1. The number of nitrogens with zero attached hydrogens (tertiary/aromatic N) is 1. The average Bonchev–Trinajstić information content (AvgIpc) is 2.35. The maximum absolute atomic E-state index is 13.2. The molecule has 0 amide bonds. The fourth-order valence-electron chi connectivity index (χ4n) is 1.35. The molecule has 0 unspecified atom stereocenters. The van der Waals surface area contributed by atoms with Crippen LogP contribution in [0, 0.1) is 5.82 Å². The van der Waals surface area contributed by atoms with Crippen molar-refractivity contribution in [3.63, 3.8) is 0 Å². The highest BCUT2D eigenvalue weighted by atomic mass is 32.2. The Morgan fingerprint density at radius 3 is 2.63 bits per heavy atom. The highest BCUT2D eigenvalue weighted by Crippen LogP contribution is 2.18.